The van der Waals surface area contributed by atoms with E-state index in [1.165, 1.54) is 0 Å². The van der Waals surface area contributed by atoms with E-state index < -0.39 is 0 Å². The van der Waals surface area contributed by atoms with Crippen LogP contribution in [-0.2, 0) is 0 Å². The molecule has 2 heteroatoms. The average molecular weight is 151 g/mol. The Hall–Kier alpha value is -0.823. The number of benzene rings is 1. The molecule has 0 aliphatic rings. The zero-order valence-electron chi connectivity index (χ0n) is 7.54. The molecule has 0 heterocycles. The number of nitrogens with zero attached hydrogens (tertiary/aromatic N) is 1. The first-order valence-electron chi connectivity index (χ1n) is 3.63. The van der Waals surface area contributed by atoms with Crippen LogP contribution in [0.5, 0.6) is 0 Å². The molecule has 0 bridgehead atoms. The minimum atomic E-state index is 0. The van der Waals surface area contributed by atoms with Crippen LogP contribution in [-0.4, -0.2) is 6.54 Å². The monoisotopic (exact) mass is 151 g/mol. The molecular formula is C10H10LiN. The van der Waals surface area contributed by atoms with Gasteiger partial charge in [-0.25, -0.2) is 6.04 Å². The van der Waals surface area contributed by atoms with Gasteiger partial charge in [0.2, 0.25) is 0 Å². The van der Waals surface area contributed by atoms with Crippen molar-refractivity contribution in [3.8, 4) is 6.04 Å². The van der Waals surface area contributed by atoms with Gasteiger partial charge in [0.1, 0.15) is 0 Å². The van der Waals surface area contributed by atoms with Crippen LogP contribution in [0.3, 0.4) is 0 Å². The second-order valence-electron chi connectivity index (χ2n) is 2.19. The molecule has 0 fully saturated rings. The van der Waals surface area contributed by atoms with Crippen molar-refractivity contribution in [1.82, 2.24) is 0 Å². The van der Waals surface area contributed by atoms with E-state index in [1.807, 2.05) is 37.3 Å². The molecule has 0 unspecified atom stereocenters. The van der Waals surface area contributed by atoms with E-state index in [-0.39, 0.29) is 18.9 Å². The summed E-state index contributed by atoms with van der Waals surface area (Å²) in [5.41, 5.74) is 1.02. The molecule has 12 heavy (non-hydrogen) atoms. The topological polar surface area (TPSA) is 3.24 Å². The first kappa shape index (κ1) is 11.2. The Morgan fingerprint density at radius 1 is 1.33 bits per heavy atom. The molecule has 1 aromatic carbocycles. The van der Waals surface area contributed by atoms with Gasteiger partial charge in [-0.3, -0.25) is 0 Å². The predicted octanol–water partition coefficient (Wildman–Crippen LogP) is -0.936. The van der Waals surface area contributed by atoms with E-state index in [0.29, 0.717) is 0 Å². The molecule has 0 spiro atoms. The molecular weight excluding hydrogens is 141 g/mol. The fraction of sp³-hybridized carbons (Fsp3) is 0.200. The molecule has 0 aliphatic carbocycles. The Balaban J connectivity index is 0.00000121. The first-order chi connectivity index (χ1) is 5.38. The van der Waals surface area contributed by atoms with Gasteiger partial charge in [0.25, 0.3) is 0 Å². The van der Waals surface area contributed by atoms with Crippen molar-refractivity contribution in [3.05, 3.63) is 36.8 Å². The first-order valence-corrected chi connectivity index (χ1v) is 3.63. The van der Waals surface area contributed by atoms with Crippen LogP contribution < -0.4 is 23.8 Å². The predicted molar refractivity (Wildman–Crippen MR) is 46.6 cm³/mol. The maximum absolute atomic E-state index is 6.97. The molecule has 0 saturated heterocycles. The smallest absolute Gasteiger partial charge is 0.669 e. The minimum absolute atomic E-state index is 0. The van der Waals surface area contributed by atoms with E-state index in [4.69, 9.17) is 6.42 Å². The molecule has 0 amide bonds. The van der Waals surface area contributed by atoms with Gasteiger partial charge in [-0.05, 0) is 19.1 Å². The van der Waals surface area contributed by atoms with Gasteiger partial charge in [0, 0.05) is 12.2 Å². The fourth-order valence-corrected chi connectivity index (χ4v) is 0.934. The molecule has 56 valence electrons. The Kier molecular flexibility index (Phi) is 5.38. The van der Waals surface area contributed by atoms with E-state index in [1.54, 1.807) is 4.90 Å². The third-order valence-electron chi connectivity index (χ3n) is 1.52. The number of hydrogen-bond donors (Lipinski definition) is 0. The normalized spacial score (nSPS) is 8.00. The summed E-state index contributed by atoms with van der Waals surface area (Å²) in [4.78, 5) is 1.75. The van der Waals surface area contributed by atoms with E-state index >= 15 is 0 Å². The average Bonchev–Trinajstić information content (AvgIpc) is 2.09. The Bertz CT molecular complexity index is 250. The summed E-state index contributed by atoms with van der Waals surface area (Å²) in [6, 6.07) is 12.1. The summed E-state index contributed by atoms with van der Waals surface area (Å²) >= 11 is 0. The summed E-state index contributed by atoms with van der Waals surface area (Å²) in [7, 11) is 0. The maximum Gasteiger partial charge on any atom is 1.00 e. The quantitative estimate of drug-likeness (QED) is 0.228. The van der Waals surface area contributed by atoms with Crippen LogP contribution in [0.1, 0.15) is 6.92 Å². The van der Waals surface area contributed by atoms with Crippen LogP contribution in [0.15, 0.2) is 30.3 Å². The van der Waals surface area contributed by atoms with Gasteiger partial charge >= 0.3 is 18.9 Å². The summed E-state index contributed by atoms with van der Waals surface area (Å²) in [6.45, 7) is 2.78. The molecule has 0 atom stereocenters. The molecule has 0 aliphatic heterocycles. The van der Waals surface area contributed by atoms with Crippen LogP contribution in [0.4, 0.5) is 5.69 Å². The summed E-state index contributed by atoms with van der Waals surface area (Å²) in [5, 5.41) is 0. The molecule has 1 nitrogen and oxygen atoms in total. The second-order valence-corrected chi connectivity index (χ2v) is 2.19. The van der Waals surface area contributed by atoms with Crippen molar-refractivity contribution >= 4 is 5.69 Å². The maximum atomic E-state index is 6.97. The van der Waals surface area contributed by atoms with E-state index in [9.17, 15) is 0 Å². The van der Waals surface area contributed by atoms with Gasteiger partial charge in [-0.1, -0.05) is 18.2 Å². The van der Waals surface area contributed by atoms with E-state index in [0.717, 1.165) is 12.2 Å². The zero-order chi connectivity index (χ0) is 8.10. The molecule has 0 saturated carbocycles. The van der Waals surface area contributed by atoms with Gasteiger partial charge in [-0.2, -0.15) is 0 Å². The Labute approximate surface area is 85.9 Å². The molecule has 1 rings (SSSR count). The Morgan fingerprint density at radius 3 is 2.33 bits per heavy atom. The van der Waals surface area contributed by atoms with Gasteiger partial charge in [-0.15, -0.1) is 0 Å². The minimum Gasteiger partial charge on any atom is -0.669 e. The van der Waals surface area contributed by atoms with Crippen molar-refractivity contribution in [1.29, 1.82) is 0 Å². The number of hydrogen-bond acceptors (Lipinski definition) is 1. The molecule has 0 radical (unpaired) electrons. The van der Waals surface area contributed by atoms with Crippen molar-refractivity contribution in [2.75, 3.05) is 11.4 Å². The van der Waals surface area contributed by atoms with E-state index in [2.05, 4.69) is 6.04 Å². The van der Waals surface area contributed by atoms with Crippen LogP contribution in [0, 0.1) is 12.5 Å². The Morgan fingerprint density at radius 2 is 1.92 bits per heavy atom. The zero-order valence-corrected chi connectivity index (χ0v) is 7.54. The van der Waals surface area contributed by atoms with Gasteiger partial charge < -0.3 is 11.3 Å². The van der Waals surface area contributed by atoms with Crippen LogP contribution >= 0.6 is 0 Å². The summed E-state index contributed by atoms with van der Waals surface area (Å²) in [6.07, 6.45) is 6.97. The number of anilines is 1. The SMILES string of the molecule is [C-]#CN(CC)c1ccccc1.[Li+]. The van der Waals surface area contributed by atoms with Gasteiger partial charge in [0.15, 0.2) is 0 Å². The largest absolute Gasteiger partial charge is 1.00 e. The second kappa shape index (κ2) is 5.78. The molecule has 1 aromatic rings. The third-order valence-corrected chi connectivity index (χ3v) is 1.52. The van der Waals surface area contributed by atoms with Crippen LogP contribution in [0.25, 0.3) is 0 Å². The standard InChI is InChI=1S/C10H10N.Li/c1-3-11(4-2)10-8-6-5-7-9-10;/h5-9H,3H2,1H3;/q-1;+1. The molecule has 0 N–H and O–H groups in total. The summed E-state index contributed by atoms with van der Waals surface area (Å²) < 4.78 is 0. The van der Waals surface area contributed by atoms with Crippen molar-refractivity contribution in [2.24, 2.45) is 0 Å². The fourth-order valence-electron chi connectivity index (χ4n) is 0.934. The number of rotatable bonds is 2. The molecule has 0 aromatic heterocycles. The van der Waals surface area contributed by atoms with Crippen molar-refractivity contribution < 1.29 is 18.9 Å². The summed E-state index contributed by atoms with van der Waals surface area (Å²) in [5.74, 6) is 0. The van der Waals surface area contributed by atoms with Crippen LogP contribution in [0.2, 0.25) is 0 Å². The van der Waals surface area contributed by atoms with Crippen molar-refractivity contribution in [2.45, 2.75) is 6.92 Å². The van der Waals surface area contributed by atoms with Crippen molar-refractivity contribution in [3.63, 3.8) is 0 Å². The third kappa shape index (κ3) is 2.66. The van der Waals surface area contributed by atoms with Gasteiger partial charge in [0.05, 0.1) is 0 Å². The number of para-hydroxylation sites is 1.